The molecule has 0 saturated heterocycles. The van der Waals surface area contributed by atoms with E-state index in [0.29, 0.717) is 19.3 Å². The van der Waals surface area contributed by atoms with Gasteiger partial charge in [-0.1, -0.05) is 96.3 Å². The van der Waals surface area contributed by atoms with Crippen molar-refractivity contribution in [2.24, 2.45) is 17.8 Å². The van der Waals surface area contributed by atoms with Gasteiger partial charge in [0.15, 0.2) is 0 Å². The van der Waals surface area contributed by atoms with Gasteiger partial charge in [0.25, 0.3) is 0 Å². The van der Waals surface area contributed by atoms with Crippen molar-refractivity contribution >= 4 is 17.9 Å². The van der Waals surface area contributed by atoms with Crippen LogP contribution in [0.5, 0.6) is 0 Å². The van der Waals surface area contributed by atoms with Crippen molar-refractivity contribution in [3.8, 4) is 0 Å². The summed E-state index contributed by atoms with van der Waals surface area (Å²) in [6.07, 6.45) is 27.4. The molecule has 0 bridgehead atoms. The Kier molecular flexibility index (Phi) is 23.3. The second kappa shape index (κ2) is 24.0. The molecule has 3 rings (SSSR count). The molecule has 0 heterocycles. The Labute approximate surface area is 236 Å². The minimum absolute atomic E-state index is 0. The van der Waals surface area contributed by atoms with Crippen molar-refractivity contribution < 1.29 is 46.8 Å². The Bertz CT molecular complexity index is 498. The third kappa shape index (κ3) is 22.6. The van der Waals surface area contributed by atoms with Crippen LogP contribution in [0.25, 0.3) is 0 Å². The minimum Gasteiger partial charge on any atom is -0.481 e. The van der Waals surface area contributed by atoms with Crippen molar-refractivity contribution in [1.82, 2.24) is 0 Å². The Hall–Kier alpha value is -1.07. The van der Waals surface area contributed by atoms with Gasteiger partial charge in [-0.2, -0.15) is 0 Å². The molecule has 3 saturated carbocycles. The van der Waals surface area contributed by atoms with Gasteiger partial charge in [-0.05, 0) is 56.3 Å². The predicted molar refractivity (Wildman–Crippen MR) is 144 cm³/mol. The zero-order valence-electron chi connectivity index (χ0n) is 23.1. The predicted octanol–water partition coefficient (Wildman–Crippen LogP) is 8.46. The van der Waals surface area contributed by atoms with E-state index in [1.807, 2.05) is 0 Å². The number of carboxylic acid groups (broad SMARTS) is 3. The van der Waals surface area contributed by atoms with Gasteiger partial charge in [0, 0.05) is 36.3 Å². The van der Waals surface area contributed by atoms with Crippen LogP contribution in [0.2, 0.25) is 0 Å². The molecule has 3 fully saturated rings. The van der Waals surface area contributed by atoms with Crippen molar-refractivity contribution in [2.45, 2.75) is 154 Å². The van der Waals surface area contributed by atoms with Crippen LogP contribution in [-0.2, 0) is 31.5 Å². The molecule has 218 valence electrons. The number of carboxylic acids is 3. The first-order valence-corrected chi connectivity index (χ1v) is 15.0. The Morgan fingerprint density at radius 1 is 0.432 bits per heavy atom. The normalized spacial score (nSPS) is 18.8. The first kappa shape index (κ1) is 35.9. The minimum atomic E-state index is -0.647. The Morgan fingerprint density at radius 2 is 0.649 bits per heavy atom. The summed E-state index contributed by atoms with van der Waals surface area (Å²) in [6.45, 7) is 0. The SMILES string of the molecule is O=C(O)CCCC1CCCCC1.O=C(O)CCCC1CCCCC1.O=C(O)CCCC1CCCCC1.[Fe]. The molecule has 0 radical (unpaired) electrons. The van der Waals surface area contributed by atoms with E-state index in [0.717, 1.165) is 56.3 Å². The zero-order chi connectivity index (χ0) is 26.4. The maximum atomic E-state index is 10.2. The van der Waals surface area contributed by atoms with Gasteiger partial charge < -0.3 is 15.3 Å². The molecule has 0 aromatic carbocycles. The van der Waals surface area contributed by atoms with E-state index in [-0.39, 0.29) is 17.1 Å². The summed E-state index contributed by atoms with van der Waals surface area (Å²) in [4.78, 5) is 30.7. The van der Waals surface area contributed by atoms with E-state index >= 15 is 0 Å². The van der Waals surface area contributed by atoms with Crippen LogP contribution < -0.4 is 0 Å². The van der Waals surface area contributed by atoms with E-state index < -0.39 is 17.9 Å². The molecule has 0 aromatic rings. The molecule has 3 aliphatic carbocycles. The standard InChI is InChI=1S/3C10H18O2.Fe/c3*11-10(12)8-4-7-9-5-2-1-3-6-9;/h3*9H,1-8H2,(H,11,12);. The smallest absolute Gasteiger partial charge is 0.303 e. The summed E-state index contributed by atoms with van der Waals surface area (Å²) in [5.41, 5.74) is 0. The average Bonchev–Trinajstić information content (AvgIpc) is 2.86. The van der Waals surface area contributed by atoms with E-state index in [9.17, 15) is 14.4 Å². The number of hydrogen-bond acceptors (Lipinski definition) is 3. The molecule has 0 atom stereocenters. The maximum Gasteiger partial charge on any atom is 0.303 e. The largest absolute Gasteiger partial charge is 0.481 e. The van der Waals surface area contributed by atoms with Gasteiger partial charge in [-0.25, -0.2) is 0 Å². The molecule has 37 heavy (non-hydrogen) atoms. The number of carbonyl (C=O) groups is 3. The quantitative estimate of drug-likeness (QED) is 0.204. The number of aliphatic carboxylic acids is 3. The van der Waals surface area contributed by atoms with E-state index in [1.165, 1.54) is 96.3 Å². The molecular weight excluding hydrogens is 512 g/mol. The van der Waals surface area contributed by atoms with E-state index in [2.05, 4.69) is 0 Å². The number of rotatable bonds is 12. The summed E-state index contributed by atoms with van der Waals surface area (Å²) in [5, 5.41) is 25.3. The van der Waals surface area contributed by atoms with Crippen LogP contribution in [0.15, 0.2) is 0 Å². The topological polar surface area (TPSA) is 112 Å². The maximum absolute atomic E-state index is 10.2. The van der Waals surface area contributed by atoms with Crippen molar-refractivity contribution in [1.29, 1.82) is 0 Å². The fourth-order valence-corrected chi connectivity index (χ4v) is 6.05. The van der Waals surface area contributed by atoms with Gasteiger partial charge in [0.2, 0.25) is 0 Å². The van der Waals surface area contributed by atoms with E-state index in [4.69, 9.17) is 15.3 Å². The molecule has 3 N–H and O–H groups in total. The molecule has 0 amide bonds. The van der Waals surface area contributed by atoms with Gasteiger partial charge in [-0.15, -0.1) is 0 Å². The molecule has 0 spiro atoms. The second-order valence-electron chi connectivity index (χ2n) is 11.4. The third-order valence-electron chi connectivity index (χ3n) is 8.18. The molecule has 7 heteroatoms. The van der Waals surface area contributed by atoms with Gasteiger partial charge in [0.1, 0.15) is 0 Å². The Morgan fingerprint density at radius 3 is 0.838 bits per heavy atom. The van der Waals surface area contributed by atoms with Crippen LogP contribution in [-0.4, -0.2) is 33.2 Å². The summed E-state index contributed by atoms with van der Waals surface area (Å²) in [6, 6.07) is 0. The van der Waals surface area contributed by atoms with Crippen molar-refractivity contribution in [3.63, 3.8) is 0 Å². The third-order valence-corrected chi connectivity index (χ3v) is 8.18. The molecular formula is C30H54FeO6. The number of hydrogen-bond donors (Lipinski definition) is 3. The monoisotopic (exact) mass is 566 g/mol. The summed E-state index contributed by atoms with van der Waals surface area (Å²) < 4.78 is 0. The van der Waals surface area contributed by atoms with Crippen LogP contribution in [0.3, 0.4) is 0 Å². The summed E-state index contributed by atoms with van der Waals surface area (Å²) in [5.74, 6) is 0.553. The average molecular weight is 567 g/mol. The fraction of sp³-hybridized carbons (Fsp3) is 0.900. The summed E-state index contributed by atoms with van der Waals surface area (Å²) in [7, 11) is 0. The molecule has 3 aliphatic rings. The first-order valence-electron chi connectivity index (χ1n) is 15.0. The fourth-order valence-electron chi connectivity index (χ4n) is 6.05. The van der Waals surface area contributed by atoms with Crippen molar-refractivity contribution in [3.05, 3.63) is 0 Å². The second-order valence-corrected chi connectivity index (χ2v) is 11.4. The first-order chi connectivity index (χ1) is 17.4. The van der Waals surface area contributed by atoms with Crippen LogP contribution in [0, 0.1) is 17.8 Å². The van der Waals surface area contributed by atoms with Crippen molar-refractivity contribution in [2.75, 3.05) is 0 Å². The molecule has 0 aromatic heterocycles. The summed E-state index contributed by atoms with van der Waals surface area (Å²) >= 11 is 0. The van der Waals surface area contributed by atoms with Gasteiger partial charge in [0.05, 0.1) is 0 Å². The molecule has 0 aliphatic heterocycles. The molecule has 6 nitrogen and oxygen atoms in total. The van der Waals surface area contributed by atoms with Crippen LogP contribution in [0.4, 0.5) is 0 Å². The van der Waals surface area contributed by atoms with Gasteiger partial charge >= 0.3 is 17.9 Å². The van der Waals surface area contributed by atoms with Crippen LogP contribution >= 0.6 is 0 Å². The zero-order valence-corrected chi connectivity index (χ0v) is 24.2. The van der Waals surface area contributed by atoms with Crippen LogP contribution in [0.1, 0.15) is 154 Å². The van der Waals surface area contributed by atoms with Gasteiger partial charge in [-0.3, -0.25) is 14.4 Å². The Balaban J connectivity index is 0.000000518. The molecule has 0 unspecified atom stereocenters. The van der Waals surface area contributed by atoms with E-state index in [1.54, 1.807) is 0 Å².